The van der Waals surface area contributed by atoms with E-state index in [2.05, 4.69) is 10.00 Å². The minimum absolute atomic E-state index is 0.0925. The Bertz CT molecular complexity index is 772. The highest BCUT2D eigenvalue weighted by molar-refractivity contribution is 5.72. The molecule has 3 rings (SSSR count). The monoisotopic (exact) mass is 331 g/mol. The molecule has 128 valence electrons. The van der Waals surface area contributed by atoms with Crippen molar-refractivity contribution in [3.63, 3.8) is 0 Å². The van der Waals surface area contributed by atoms with E-state index in [4.69, 9.17) is 0 Å². The fourth-order valence-electron chi connectivity index (χ4n) is 3.51. The molecular weight excluding hydrogens is 309 g/mol. The largest absolute Gasteiger partial charge is 0.481 e. The summed E-state index contributed by atoms with van der Waals surface area (Å²) in [5.41, 5.74) is 3.91. The molecule has 1 saturated heterocycles. The summed E-state index contributed by atoms with van der Waals surface area (Å²) in [5.74, 6) is -1.61. The predicted molar refractivity (Wildman–Crippen MR) is 88.2 cm³/mol. The molecule has 1 N–H and O–H groups in total. The maximum absolute atomic E-state index is 13.5. The van der Waals surface area contributed by atoms with Crippen molar-refractivity contribution < 1.29 is 14.3 Å². The van der Waals surface area contributed by atoms with Gasteiger partial charge in [-0.2, -0.15) is 5.10 Å². The average molecular weight is 331 g/mol. The molecule has 24 heavy (non-hydrogen) atoms. The van der Waals surface area contributed by atoms with E-state index in [0.29, 0.717) is 19.6 Å². The number of aliphatic carboxylic acids is 1. The van der Waals surface area contributed by atoms with E-state index in [0.717, 1.165) is 22.4 Å². The van der Waals surface area contributed by atoms with E-state index in [1.165, 1.54) is 12.1 Å². The number of rotatable bonds is 4. The Labute approximate surface area is 140 Å². The number of carboxylic acids is 1. The summed E-state index contributed by atoms with van der Waals surface area (Å²) in [5, 5.41) is 13.9. The Hall–Kier alpha value is -2.21. The van der Waals surface area contributed by atoms with Gasteiger partial charge < -0.3 is 5.11 Å². The zero-order valence-corrected chi connectivity index (χ0v) is 14.2. The SMILES string of the molecule is Cc1ccc(F)cc1CN1C[C@H](C(=O)O)[C@@H](c2cnn(C)c2C)C1. The van der Waals surface area contributed by atoms with Crippen molar-refractivity contribution in [1.29, 1.82) is 0 Å². The fraction of sp³-hybridized carbons (Fsp3) is 0.444. The third-order valence-corrected chi connectivity index (χ3v) is 5.09. The van der Waals surface area contributed by atoms with Crippen LogP contribution in [0.5, 0.6) is 0 Å². The Morgan fingerprint density at radius 2 is 2.12 bits per heavy atom. The van der Waals surface area contributed by atoms with Crippen LogP contribution in [0.2, 0.25) is 0 Å². The van der Waals surface area contributed by atoms with Gasteiger partial charge in [0.25, 0.3) is 0 Å². The predicted octanol–water partition coefficient (Wildman–Crippen LogP) is 2.48. The van der Waals surface area contributed by atoms with Crippen LogP contribution in [0.15, 0.2) is 24.4 Å². The summed E-state index contributed by atoms with van der Waals surface area (Å²) in [6, 6.07) is 4.75. The lowest BCUT2D eigenvalue weighted by molar-refractivity contribution is -0.141. The molecular formula is C18H22FN3O2. The molecule has 0 aliphatic carbocycles. The maximum Gasteiger partial charge on any atom is 0.308 e. The van der Waals surface area contributed by atoms with E-state index >= 15 is 0 Å². The lowest BCUT2D eigenvalue weighted by Crippen LogP contribution is -2.23. The van der Waals surface area contributed by atoms with Crippen LogP contribution >= 0.6 is 0 Å². The van der Waals surface area contributed by atoms with Crippen molar-refractivity contribution in [2.45, 2.75) is 26.3 Å². The molecule has 1 aliphatic heterocycles. The van der Waals surface area contributed by atoms with Crippen molar-refractivity contribution in [3.8, 4) is 0 Å². The van der Waals surface area contributed by atoms with Gasteiger partial charge in [0.05, 0.1) is 12.1 Å². The molecule has 2 heterocycles. The molecule has 1 aromatic heterocycles. The van der Waals surface area contributed by atoms with Crippen LogP contribution in [0.1, 0.15) is 28.3 Å². The number of hydrogen-bond donors (Lipinski definition) is 1. The first-order valence-corrected chi connectivity index (χ1v) is 8.05. The molecule has 1 aromatic carbocycles. The van der Waals surface area contributed by atoms with Gasteiger partial charge in [-0.15, -0.1) is 0 Å². The summed E-state index contributed by atoms with van der Waals surface area (Å²) in [6.45, 7) is 5.57. The topological polar surface area (TPSA) is 58.4 Å². The second kappa shape index (κ2) is 6.36. The number of likely N-dealkylation sites (tertiary alicyclic amines) is 1. The second-order valence-electron chi connectivity index (χ2n) is 6.63. The van der Waals surface area contributed by atoms with Crippen LogP contribution in [-0.4, -0.2) is 38.8 Å². The van der Waals surface area contributed by atoms with Crippen molar-refractivity contribution in [2.24, 2.45) is 13.0 Å². The molecule has 5 nitrogen and oxygen atoms in total. The number of benzene rings is 1. The Morgan fingerprint density at radius 1 is 1.38 bits per heavy atom. The second-order valence-corrected chi connectivity index (χ2v) is 6.63. The first kappa shape index (κ1) is 16.6. The van der Waals surface area contributed by atoms with E-state index in [-0.39, 0.29) is 11.7 Å². The smallest absolute Gasteiger partial charge is 0.308 e. The molecule has 0 saturated carbocycles. The molecule has 2 aromatic rings. The highest BCUT2D eigenvalue weighted by Crippen LogP contribution is 2.35. The fourth-order valence-corrected chi connectivity index (χ4v) is 3.51. The molecule has 0 spiro atoms. The number of nitrogens with zero attached hydrogens (tertiary/aromatic N) is 3. The van der Waals surface area contributed by atoms with Gasteiger partial charge >= 0.3 is 5.97 Å². The molecule has 0 amide bonds. The lowest BCUT2D eigenvalue weighted by atomic mass is 9.89. The molecule has 6 heteroatoms. The highest BCUT2D eigenvalue weighted by Gasteiger charge is 2.39. The molecule has 1 aliphatic rings. The van der Waals surface area contributed by atoms with Gasteiger partial charge in [0.15, 0.2) is 0 Å². The van der Waals surface area contributed by atoms with Crippen LogP contribution in [0.4, 0.5) is 4.39 Å². The molecule has 2 atom stereocenters. The van der Waals surface area contributed by atoms with Gasteiger partial charge in [-0.3, -0.25) is 14.4 Å². The van der Waals surface area contributed by atoms with Crippen molar-refractivity contribution >= 4 is 5.97 Å². The van der Waals surface area contributed by atoms with Gasteiger partial charge in [-0.25, -0.2) is 4.39 Å². The number of carbonyl (C=O) groups is 1. The first-order chi connectivity index (χ1) is 11.4. The van der Waals surface area contributed by atoms with Gasteiger partial charge in [0, 0.05) is 38.3 Å². The quantitative estimate of drug-likeness (QED) is 0.935. The van der Waals surface area contributed by atoms with Gasteiger partial charge in [0.2, 0.25) is 0 Å². The number of halogens is 1. The third-order valence-electron chi connectivity index (χ3n) is 5.09. The van der Waals surface area contributed by atoms with Crippen LogP contribution in [0.3, 0.4) is 0 Å². The van der Waals surface area contributed by atoms with Crippen LogP contribution in [-0.2, 0) is 18.4 Å². The maximum atomic E-state index is 13.5. The number of aryl methyl sites for hydroxylation is 2. The van der Waals surface area contributed by atoms with Gasteiger partial charge in [0.1, 0.15) is 5.82 Å². The van der Waals surface area contributed by atoms with Crippen LogP contribution in [0.25, 0.3) is 0 Å². The minimum atomic E-state index is -0.790. The van der Waals surface area contributed by atoms with Crippen LogP contribution < -0.4 is 0 Å². The standard InChI is InChI=1S/C18H22FN3O2/c1-11-4-5-14(19)6-13(11)8-22-9-16(17(10-22)18(23)24)15-7-20-21(3)12(15)2/h4-7,16-17H,8-10H2,1-3H3,(H,23,24)/t16-,17+/m1/s1. The summed E-state index contributed by atoms with van der Waals surface area (Å²) in [7, 11) is 1.86. The van der Waals surface area contributed by atoms with Crippen molar-refractivity contribution in [3.05, 3.63) is 52.6 Å². The number of hydrogen-bond acceptors (Lipinski definition) is 3. The normalized spacial score (nSPS) is 21.3. The van der Waals surface area contributed by atoms with Gasteiger partial charge in [-0.05, 0) is 42.7 Å². The van der Waals surface area contributed by atoms with Crippen molar-refractivity contribution in [2.75, 3.05) is 13.1 Å². The van der Waals surface area contributed by atoms with E-state index < -0.39 is 11.9 Å². The zero-order chi connectivity index (χ0) is 17.4. The zero-order valence-electron chi connectivity index (χ0n) is 14.2. The summed E-state index contributed by atoms with van der Waals surface area (Å²) >= 11 is 0. The van der Waals surface area contributed by atoms with Crippen LogP contribution in [0, 0.1) is 25.6 Å². The number of aromatic nitrogens is 2. The minimum Gasteiger partial charge on any atom is -0.481 e. The number of carboxylic acid groups (broad SMARTS) is 1. The van der Waals surface area contributed by atoms with E-state index in [9.17, 15) is 14.3 Å². The van der Waals surface area contributed by atoms with Gasteiger partial charge in [-0.1, -0.05) is 6.07 Å². The average Bonchev–Trinajstić information content (AvgIpc) is 3.08. The first-order valence-electron chi connectivity index (χ1n) is 8.05. The molecule has 0 unspecified atom stereocenters. The lowest BCUT2D eigenvalue weighted by Gasteiger charge is -2.17. The summed E-state index contributed by atoms with van der Waals surface area (Å²) in [4.78, 5) is 13.8. The Kier molecular flexibility index (Phi) is 4.41. The third kappa shape index (κ3) is 3.06. The summed E-state index contributed by atoms with van der Waals surface area (Å²) in [6.07, 6.45) is 1.77. The molecule has 0 bridgehead atoms. The molecule has 1 fully saturated rings. The Morgan fingerprint density at radius 3 is 2.75 bits per heavy atom. The van der Waals surface area contributed by atoms with Crippen molar-refractivity contribution in [1.82, 2.24) is 14.7 Å². The highest BCUT2D eigenvalue weighted by atomic mass is 19.1. The molecule has 0 radical (unpaired) electrons. The van der Waals surface area contributed by atoms with E-state index in [1.54, 1.807) is 16.9 Å². The van der Waals surface area contributed by atoms with E-state index in [1.807, 2.05) is 20.9 Å². The summed E-state index contributed by atoms with van der Waals surface area (Å²) < 4.78 is 15.3. The Balaban J connectivity index is 1.84.